The maximum Gasteiger partial charge on any atom is 0.303 e. The average Bonchev–Trinajstić information content (AvgIpc) is 2.58. The fourth-order valence-electron chi connectivity index (χ4n) is 2.35. The van der Waals surface area contributed by atoms with Crippen LogP contribution >= 0.6 is 0 Å². The third kappa shape index (κ3) is 35.2. The second kappa shape index (κ2) is 27.9. The molecule has 0 aliphatic heterocycles. The first-order valence-electron chi connectivity index (χ1n) is 9.77. The molecule has 0 unspecified atom stereocenters. The largest absolute Gasteiger partial charge is 0.481 e. The minimum Gasteiger partial charge on any atom is -0.481 e. The van der Waals surface area contributed by atoms with E-state index in [0.717, 1.165) is 12.8 Å². The van der Waals surface area contributed by atoms with Crippen molar-refractivity contribution in [3.8, 4) is 0 Å². The number of aliphatic carboxylic acids is 1. The van der Waals surface area contributed by atoms with Gasteiger partial charge in [0.05, 0.1) is 13.2 Å². The molecule has 5 N–H and O–H groups in total. The Balaban J connectivity index is -0.000000867. The highest BCUT2D eigenvalue weighted by Crippen LogP contribution is 2.09. The van der Waals surface area contributed by atoms with Crippen LogP contribution in [-0.4, -0.2) is 40.0 Å². The molecule has 0 spiro atoms. The van der Waals surface area contributed by atoms with E-state index in [4.69, 9.17) is 15.3 Å². The van der Waals surface area contributed by atoms with Gasteiger partial charge in [0.2, 0.25) is 0 Å². The van der Waals surface area contributed by atoms with E-state index < -0.39 is 5.97 Å². The van der Waals surface area contributed by atoms with Crippen molar-refractivity contribution in [1.82, 2.24) is 0 Å². The van der Waals surface area contributed by atoms with Crippen LogP contribution in [0.1, 0.15) is 96.8 Å². The maximum atomic E-state index is 10.3. The lowest BCUT2D eigenvalue weighted by atomic mass is 10.1. The number of allylic oxidation sites excluding steroid dienone is 2. The fourth-order valence-corrected chi connectivity index (χ4v) is 2.35. The van der Waals surface area contributed by atoms with Gasteiger partial charge >= 0.3 is 5.97 Å². The van der Waals surface area contributed by atoms with Crippen molar-refractivity contribution < 1.29 is 25.6 Å². The fraction of sp³-hybridized carbons (Fsp3) is 0.850. The molecule has 0 bridgehead atoms. The summed E-state index contributed by atoms with van der Waals surface area (Å²) in [4.78, 5) is 10.3. The van der Waals surface area contributed by atoms with Crippen molar-refractivity contribution in [3.63, 3.8) is 0 Å². The van der Waals surface area contributed by atoms with Crippen molar-refractivity contribution in [1.29, 1.82) is 0 Å². The first-order valence-corrected chi connectivity index (χ1v) is 9.77. The summed E-state index contributed by atoms with van der Waals surface area (Å²) in [5, 5.41) is 23.8. The van der Waals surface area contributed by atoms with Gasteiger partial charge in [-0.25, -0.2) is 0 Å². The van der Waals surface area contributed by atoms with Gasteiger partial charge in [-0.3, -0.25) is 4.79 Å². The summed E-state index contributed by atoms with van der Waals surface area (Å²) in [6, 6.07) is 0. The van der Waals surface area contributed by atoms with Crippen LogP contribution in [0.5, 0.6) is 0 Å². The Morgan fingerprint density at radius 1 is 0.720 bits per heavy atom. The van der Waals surface area contributed by atoms with Crippen LogP contribution in [-0.2, 0) is 4.79 Å². The van der Waals surface area contributed by atoms with Crippen LogP contribution < -0.4 is 0 Å². The van der Waals surface area contributed by atoms with Crippen molar-refractivity contribution in [3.05, 3.63) is 12.2 Å². The van der Waals surface area contributed by atoms with Gasteiger partial charge in [0.25, 0.3) is 0 Å². The second-order valence-electron chi connectivity index (χ2n) is 6.18. The average molecular weight is 363 g/mol. The zero-order valence-corrected chi connectivity index (χ0v) is 16.2. The molecule has 0 amide bonds. The van der Waals surface area contributed by atoms with Crippen molar-refractivity contribution in [2.45, 2.75) is 96.8 Å². The Morgan fingerprint density at radius 3 is 1.52 bits per heavy atom. The number of carbonyl (C=O) groups is 1. The predicted octanol–water partition coefficient (Wildman–Crippen LogP) is 4.25. The van der Waals surface area contributed by atoms with E-state index in [2.05, 4.69) is 19.1 Å². The molecule has 0 heterocycles. The molecule has 0 aromatic rings. The summed E-state index contributed by atoms with van der Waals surface area (Å²) in [6.45, 7) is 2.01. The summed E-state index contributed by atoms with van der Waals surface area (Å²) >= 11 is 0. The number of carboxylic acid groups (broad SMARTS) is 1. The van der Waals surface area contributed by atoms with Gasteiger partial charge in [0.1, 0.15) is 0 Å². The van der Waals surface area contributed by atoms with E-state index in [0.29, 0.717) is 6.42 Å². The quantitative estimate of drug-likeness (QED) is 0.281. The highest BCUT2D eigenvalue weighted by atomic mass is 16.4. The molecule has 5 heteroatoms. The highest BCUT2D eigenvalue weighted by molar-refractivity contribution is 5.66. The SMILES string of the molecule is CCCCCCCC/C=C\CCCCCCCC(=O)O.O.OCCO. The molecule has 0 saturated heterocycles. The van der Waals surface area contributed by atoms with Gasteiger partial charge in [0, 0.05) is 6.42 Å². The summed E-state index contributed by atoms with van der Waals surface area (Å²) in [5.74, 6) is -0.664. The van der Waals surface area contributed by atoms with Crippen LogP contribution in [0.25, 0.3) is 0 Å². The Kier molecular flexibility index (Phi) is 32.2. The van der Waals surface area contributed by atoms with Crippen molar-refractivity contribution in [2.75, 3.05) is 13.2 Å². The van der Waals surface area contributed by atoms with Gasteiger partial charge in [-0.1, -0.05) is 70.4 Å². The first kappa shape index (κ1) is 28.9. The Labute approximate surface area is 154 Å². The van der Waals surface area contributed by atoms with Crippen molar-refractivity contribution in [2.24, 2.45) is 0 Å². The number of hydrogen-bond donors (Lipinski definition) is 3. The van der Waals surface area contributed by atoms with Crippen LogP contribution in [0.2, 0.25) is 0 Å². The number of aliphatic hydroxyl groups is 2. The van der Waals surface area contributed by atoms with Crippen molar-refractivity contribution >= 4 is 5.97 Å². The first-order chi connectivity index (χ1) is 11.7. The van der Waals surface area contributed by atoms with Gasteiger partial charge in [-0.05, 0) is 32.1 Å². The Morgan fingerprint density at radius 2 is 1.12 bits per heavy atom. The number of aliphatic hydroxyl groups excluding tert-OH is 2. The topological polar surface area (TPSA) is 109 Å². The van der Waals surface area contributed by atoms with E-state index in [9.17, 15) is 4.79 Å². The van der Waals surface area contributed by atoms with E-state index in [1.807, 2.05) is 0 Å². The molecular formula is C20H42O5. The number of hydrogen-bond acceptors (Lipinski definition) is 3. The van der Waals surface area contributed by atoms with Crippen LogP contribution in [0.4, 0.5) is 0 Å². The standard InChI is InChI=1S/C18H34O2.C2H6O2.H2O/c1-2-3-4-5-6-7-8-9-10-11-12-13-14-15-16-17-18(19)20;3-1-2-4;/h9-10H,2-8,11-17H2,1H3,(H,19,20);3-4H,1-2H2;1H2/b10-9-;;. The van der Waals surface area contributed by atoms with Crippen LogP contribution in [0.3, 0.4) is 0 Å². The third-order valence-electron chi connectivity index (χ3n) is 3.75. The summed E-state index contributed by atoms with van der Waals surface area (Å²) in [6.07, 6.45) is 21.2. The van der Waals surface area contributed by atoms with E-state index >= 15 is 0 Å². The minimum absolute atomic E-state index is 0. The molecule has 0 atom stereocenters. The molecule has 0 aromatic heterocycles. The Bertz CT molecular complexity index is 265. The molecule has 0 aromatic carbocycles. The molecule has 0 aliphatic carbocycles. The molecule has 25 heavy (non-hydrogen) atoms. The number of rotatable bonds is 16. The molecular weight excluding hydrogens is 320 g/mol. The zero-order chi connectivity index (χ0) is 18.3. The van der Waals surface area contributed by atoms with Gasteiger partial charge < -0.3 is 20.8 Å². The third-order valence-corrected chi connectivity index (χ3v) is 3.75. The van der Waals surface area contributed by atoms with E-state index in [-0.39, 0.29) is 18.7 Å². The predicted molar refractivity (Wildman–Crippen MR) is 105 cm³/mol. The molecule has 0 radical (unpaired) electrons. The van der Waals surface area contributed by atoms with Gasteiger partial charge in [-0.15, -0.1) is 0 Å². The van der Waals surface area contributed by atoms with Crippen LogP contribution in [0, 0.1) is 0 Å². The highest BCUT2D eigenvalue weighted by Gasteiger charge is 1.95. The second-order valence-corrected chi connectivity index (χ2v) is 6.18. The molecule has 0 rings (SSSR count). The normalized spacial score (nSPS) is 10.2. The summed E-state index contributed by atoms with van der Waals surface area (Å²) < 4.78 is 0. The van der Waals surface area contributed by atoms with Gasteiger partial charge in [-0.2, -0.15) is 0 Å². The van der Waals surface area contributed by atoms with Gasteiger partial charge in [0.15, 0.2) is 0 Å². The maximum absolute atomic E-state index is 10.3. The monoisotopic (exact) mass is 362 g/mol. The Hall–Kier alpha value is -0.910. The lowest BCUT2D eigenvalue weighted by molar-refractivity contribution is -0.137. The number of unbranched alkanes of at least 4 members (excludes halogenated alkanes) is 11. The zero-order valence-electron chi connectivity index (χ0n) is 16.2. The lowest BCUT2D eigenvalue weighted by Gasteiger charge is -1.99. The minimum atomic E-state index is -0.664. The lowest BCUT2D eigenvalue weighted by Crippen LogP contribution is -1.93. The molecule has 5 nitrogen and oxygen atoms in total. The van der Waals surface area contributed by atoms with E-state index in [1.165, 1.54) is 70.6 Å². The summed E-state index contributed by atoms with van der Waals surface area (Å²) in [7, 11) is 0. The summed E-state index contributed by atoms with van der Waals surface area (Å²) in [5.41, 5.74) is 0. The van der Waals surface area contributed by atoms with E-state index in [1.54, 1.807) is 0 Å². The molecule has 152 valence electrons. The smallest absolute Gasteiger partial charge is 0.303 e. The molecule has 0 saturated carbocycles. The number of carboxylic acids is 1. The van der Waals surface area contributed by atoms with Crippen LogP contribution in [0.15, 0.2) is 12.2 Å². The molecule has 0 fully saturated rings. The molecule has 0 aliphatic rings.